The molecule has 3 amide bonds. The molecule has 7 nitrogen and oxygen atoms in total. The van der Waals surface area contributed by atoms with Crippen molar-refractivity contribution in [2.24, 2.45) is 5.92 Å². The number of rotatable bonds is 6. The van der Waals surface area contributed by atoms with Crippen LogP contribution in [0.25, 0.3) is 0 Å². The third kappa shape index (κ3) is 5.63. The first kappa shape index (κ1) is 19.0. The Labute approximate surface area is 144 Å². The van der Waals surface area contributed by atoms with Crippen LogP contribution in [0.5, 0.6) is 0 Å². The Hall–Kier alpha value is -1.34. The third-order valence-corrected chi connectivity index (χ3v) is 4.79. The molecule has 24 heavy (non-hydrogen) atoms. The van der Waals surface area contributed by atoms with Crippen LogP contribution in [0.1, 0.15) is 45.4 Å². The number of hydrogen-bond donors (Lipinski definition) is 2. The van der Waals surface area contributed by atoms with Crippen LogP contribution in [0.4, 0.5) is 4.79 Å². The summed E-state index contributed by atoms with van der Waals surface area (Å²) in [5, 5.41) is 5.58. The molecular weight excluding hydrogens is 310 g/mol. The van der Waals surface area contributed by atoms with Gasteiger partial charge in [-0.1, -0.05) is 6.92 Å². The lowest BCUT2D eigenvalue weighted by atomic mass is 9.86. The summed E-state index contributed by atoms with van der Waals surface area (Å²) in [5.74, 6) is 0.396. The van der Waals surface area contributed by atoms with E-state index >= 15 is 0 Å². The summed E-state index contributed by atoms with van der Waals surface area (Å²) in [6.45, 7) is 3.72. The molecule has 0 bridgehead atoms. The maximum absolute atomic E-state index is 11.8. The van der Waals surface area contributed by atoms with Gasteiger partial charge in [0.25, 0.3) is 0 Å². The molecule has 1 aliphatic heterocycles. The molecule has 0 aromatic carbocycles. The zero-order valence-corrected chi connectivity index (χ0v) is 15.1. The normalized spacial score (nSPS) is 29.5. The van der Waals surface area contributed by atoms with E-state index in [2.05, 4.69) is 17.6 Å². The minimum Gasteiger partial charge on any atom is -0.349 e. The minimum absolute atomic E-state index is 0.0702. The minimum atomic E-state index is -0.415. The van der Waals surface area contributed by atoms with E-state index in [0.29, 0.717) is 32.5 Å². The molecule has 2 fully saturated rings. The molecule has 1 saturated carbocycles. The Morgan fingerprint density at radius 1 is 1.21 bits per heavy atom. The van der Waals surface area contributed by atoms with Crippen LogP contribution in [-0.4, -0.2) is 62.5 Å². The molecule has 1 atom stereocenters. The first-order valence-corrected chi connectivity index (χ1v) is 8.94. The van der Waals surface area contributed by atoms with Crippen LogP contribution >= 0.6 is 0 Å². The number of urea groups is 1. The van der Waals surface area contributed by atoms with Gasteiger partial charge in [0.05, 0.1) is 6.61 Å². The van der Waals surface area contributed by atoms with Crippen molar-refractivity contribution >= 4 is 11.9 Å². The fourth-order valence-corrected chi connectivity index (χ4v) is 3.12. The highest BCUT2D eigenvalue weighted by Crippen LogP contribution is 2.39. The van der Waals surface area contributed by atoms with Crippen LogP contribution in [0.15, 0.2) is 0 Å². The van der Waals surface area contributed by atoms with Crippen molar-refractivity contribution in [1.29, 1.82) is 0 Å². The van der Waals surface area contributed by atoms with Crippen molar-refractivity contribution in [2.45, 2.75) is 57.3 Å². The molecule has 1 heterocycles. The summed E-state index contributed by atoms with van der Waals surface area (Å²) < 4.78 is 11.9. The molecule has 0 aromatic rings. The second-order valence-electron chi connectivity index (χ2n) is 7.17. The standard InChI is InChI=1S/C17H31N3O4/c1-13-6-8-17(9-7-13)23-12-14(24-17)11-19-16(22)18-10-4-5-15(21)20(2)3/h13-14H,4-12H2,1-3H3,(H2,18,19,22)/t13?,14-,17?/m0/s1. The molecule has 1 aliphatic carbocycles. The van der Waals surface area contributed by atoms with Crippen LogP contribution in [-0.2, 0) is 14.3 Å². The van der Waals surface area contributed by atoms with Gasteiger partial charge in [0.15, 0.2) is 5.79 Å². The van der Waals surface area contributed by atoms with Crippen molar-refractivity contribution in [1.82, 2.24) is 15.5 Å². The Balaban J connectivity index is 1.57. The molecule has 0 unspecified atom stereocenters. The van der Waals surface area contributed by atoms with Crippen LogP contribution < -0.4 is 10.6 Å². The average Bonchev–Trinajstić information content (AvgIpc) is 2.95. The third-order valence-electron chi connectivity index (χ3n) is 4.79. The fourth-order valence-electron chi connectivity index (χ4n) is 3.12. The van der Waals surface area contributed by atoms with E-state index in [-0.39, 0.29) is 18.0 Å². The first-order valence-electron chi connectivity index (χ1n) is 8.94. The molecule has 138 valence electrons. The van der Waals surface area contributed by atoms with Gasteiger partial charge in [-0.15, -0.1) is 0 Å². The smallest absolute Gasteiger partial charge is 0.314 e. The molecular formula is C17H31N3O4. The van der Waals surface area contributed by atoms with Crippen LogP contribution in [0, 0.1) is 5.92 Å². The monoisotopic (exact) mass is 341 g/mol. The van der Waals surface area contributed by atoms with E-state index in [0.717, 1.165) is 31.6 Å². The van der Waals surface area contributed by atoms with Gasteiger partial charge in [-0.25, -0.2) is 4.79 Å². The number of amides is 3. The quantitative estimate of drug-likeness (QED) is 0.717. The number of nitrogens with one attached hydrogen (secondary N) is 2. The van der Waals surface area contributed by atoms with Gasteiger partial charge in [0.2, 0.25) is 5.91 Å². The predicted molar refractivity (Wildman–Crippen MR) is 90.5 cm³/mol. The van der Waals surface area contributed by atoms with E-state index < -0.39 is 5.79 Å². The SMILES string of the molecule is CC1CCC2(CC1)OC[C@H](CNC(=O)NCCCC(=O)N(C)C)O2. The van der Waals surface area contributed by atoms with Crippen molar-refractivity contribution < 1.29 is 19.1 Å². The van der Waals surface area contributed by atoms with Crippen molar-refractivity contribution in [3.63, 3.8) is 0 Å². The fraction of sp³-hybridized carbons (Fsp3) is 0.882. The summed E-state index contributed by atoms with van der Waals surface area (Å²) in [7, 11) is 3.46. The van der Waals surface area contributed by atoms with E-state index in [1.807, 2.05) is 0 Å². The molecule has 1 saturated heterocycles. The van der Waals surface area contributed by atoms with E-state index in [9.17, 15) is 9.59 Å². The molecule has 0 radical (unpaired) electrons. The maximum atomic E-state index is 11.8. The maximum Gasteiger partial charge on any atom is 0.314 e. The summed E-state index contributed by atoms with van der Waals surface area (Å²) in [6.07, 6.45) is 5.13. The number of carbonyl (C=O) groups excluding carboxylic acids is 2. The Bertz CT molecular complexity index is 434. The zero-order valence-electron chi connectivity index (χ0n) is 15.1. The number of carbonyl (C=O) groups is 2. The number of ether oxygens (including phenoxy) is 2. The van der Waals surface area contributed by atoms with E-state index in [1.54, 1.807) is 19.0 Å². The first-order chi connectivity index (χ1) is 11.4. The van der Waals surface area contributed by atoms with Gasteiger partial charge in [-0.3, -0.25) is 4.79 Å². The number of hydrogen-bond acceptors (Lipinski definition) is 4. The molecule has 2 aliphatic rings. The Morgan fingerprint density at radius 2 is 1.92 bits per heavy atom. The highest BCUT2D eigenvalue weighted by Gasteiger charge is 2.43. The molecule has 1 spiro atoms. The number of nitrogens with zero attached hydrogens (tertiary/aromatic N) is 1. The summed E-state index contributed by atoms with van der Waals surface area (Å²) in [5.41, 5.74) is 0. The van der Waals surface area contributed by atoms with Crippen molar-refractivity contribution in [2.75, 3.05) is 33.8 Å². The average molecular weight is 341 g/mol. The van der Waals surface area contributed by atoms with Gasteiger partial charge < -0.3 is 25.0 Å². The van der Waals surface area contributed by atoms with Crippen molar-refractivity contribution in [3.8, 4) is 0 Å². The lowest BCUT2D eigenvalue weighted by Crippen LogP contribution is -2.42. The topological polar surface area (TPSA) is 79.9 Å². The van der Waals surface area contributed by atoms with Crippen LogP contribution in [0.3, 0.4) is 0 Å². The van der Waals surface area contributed by atoms with Crippen molar-refractivity contribution in [3.05, 3.63) is 0 Å². The predicted octanol–water partition coefficient (Wildman–Crippen LogP) is 1.48. The Morgan fingerprint density at radius 3 is 2.58 bits per heavy atom. The van der Waals surface area contributed by atoms with Gasteiger partial charge in [-0.2, -0.15) is 0 Å². The largest absolute Gasteiger partial charge is 0.349 e. The van der Waals surface area contributed by atoms with Gasteiger partial charge in [-0.05, 0) is 25.2 Å². The molecule has 2 N–H and O–H groups in total. The second kappa shape index (κ2) is 8.67. The Kier molecular flexibility index (Phi) is 6.86. The highest BCUT2D eigenvalue weighted by molar-refractivity contribution is 5.76. The van der Waals surface area contributed by atoms with Gasteiger partial charge in [0, 0.05) is 46.4 Å². The zero-order chi connectivity index (χ0) is 17.6. The molecule has 2 rings (SSSR count). The van der Waals surface area contributed by atoms with Crippen LogP contribution in [0.2, 0.25) is 0 Å². The van der Waals surface area contributed by atoms with E-state index in [1.165, 1.54) is 0 Å². The molecule has 0 aromatic heterocycles. The highest BCUT2D eigenvalue weighted by atomic mass is 16.7. The van der Waals surface area contributed by atoms with Gasteiger partial charge >= 0.3 is 6.03 Å². The molecule has 7 heteroatoms. The summed E-state index contributed by atoms with van der Waals surface area (Å²) in [4.78, 5) is 24.8. The van der Waals surface area contributed by atoms with Gasteiger partial charge in [0.1, 0.15) is 6.10 Å². The second-order valence-corrected chi connectivity index (χ2v) is 7.17. The lowest BCUT2D eigenvalue weighted by molar-refractivity contribution is -0.191. The summed E-state index contributed by atoms with van der Waals surface area (Å²) >= 11 is 0. The lowest BCUT2D eigenvalue weighted by Gasteiger charge is -2.34. The summed E-state index contributed by atoms with van der Waals surface area (Å²) in [6, 6.07) is -0.228. The van der Waals surface area contributed by atoms with E-state index in [4.69, 9.17) is 9.47 Å².